The Hall–Kier alpha value is -0.910. The number of likely N-dealkylation sites (N-methyl/N-ethyl adjacent to an activating group) is 2. The highest BCUT2D eigenvalue weighted by molar-refractivity contribution is 5.08. The molecule has 1 aliphatic rings. The van der Waals surface area contributed by atoms with Gasteiger partial charge in [-0.15, -0.1) is 0 Å². The highest BCUT2D eigenvalue weighted by Crippen LogP contribution is 2.14. The molecule has 0 radical (unpaired) electrons. The summed E-state index contributed by atoms with van der Waals surface area (Å²) in [5.74, 6) is 0. The third kappa shape index (κ3) is 4.04. The van der Waals surface area contributed by atoms with Crippen LogP contribution in [0.2, 0.25) is 0 Å². The van der Waals surface area contributed by atoms with E-state index in [0.717, 1.165) is 26.1 Å². The zero-order chi connectivity index (χ0) is 14.5. The molecule has 0 bridgehead atoms. The van der Waals surface area contributed by atoms with Gasteiger partial charge in [-0.05, 0) is 39.0 Å². The Bertz CT molecular complexity index is 403. The van der Waals surface area contributed by atoms with Crippen LogP contribution in [0.5, 0.6) is 0 Å². The van der Waals surface area contributed by atoms with Crippen LogP contribution in [0.25, 0.3) is 0 Å². The maximum Gasteiger partial charge on any atom is 0.0522 e. The monoisotopic (exact) mass is 279 g/mol. The molecule has 2 rings (SSSR count). The molecule has 1 aromatic rings. The molecular weight excluding hydrogens is 250 g/mol. The van der Waals surface area contributed by atoms with Gasteiger partial charge in [0.25, 0.3) is 0 Å². The summed E-state index contributed by atoms with van der Waals surface area (Å²) in [7, 11) is 6.46. The molecule has 1 aliphatic heterocycles. The Morgan fingerprint density at radius 2 is 2.15 bits per heavy atom. The predicted octanol–water partition coefficient (Wildman–Crippen LogP) is 0.577. The van der Waals surface area contributed by atoms with Crippen LogP contribution in [-0.2, 0) is 13.5 Å². The summed E-state index contributed by atoms with van der Waals surface area (Å²) in [6.07, 6.45) is 6.35. The minimum absolute atomic E-state index is 0.493. The Labute approximate surface area is 122 Å². The highest BCUT2D eigenvalue weighted by atomic mass is 15.3. The molecule has 2 atom stereocenters. The van der Waals surface area contributed by atoms with E-state index < -0.39 is 0 Å². The van der Waals surface area contributed by atoms with E-state index in [9.17, 15) is 0 Å². The van der Waals surface area contributed by atoms with Crippen molar-refractivity contribution in [1.29, 1.82) is 0 Å². The number of hydrogen-bond donors (Lipinski definition) is 1. The molecule has 0 saturated carbocycles. The first-order valence-electron chi connectivity index (χ1n) is 7.69. The molecule has 2 heterocycles. The summed E-state index contributed by atoms with van der Waals surface area (Å²) in [4.78, 5) is 4.94. The van der Waals surface area contributed by atoms with Crippen molar-refractivity contribution in [1.82, 2.24) is 24.9 Å². The van der Waals surface area contributed by atoms with E-state index in [-0.39, 0.29) is 0 Å². The second-order valence-electron chi connectivity index (χ2n) is 6.10. The molecular formula is C15H29N5. The van der Waals surface area contributed by atoms with Crippen LogP contribution in [0.1, 0.15) is 18.9 Å². The number of rotatable bonds is 6. The molecule has 0 spiro atoms. The second-order valence-corrected chi connectivity index (χ2v) is 6.10. The quantitative estimate of drug-likeness (QED) is 0.826. The molecule has 1 fully saturated rings. The largest absolute Gasteiger partial charge is 0.312 e. The van der Waals surface area contributed by atoms with Gasteiger partial charge in [0.2, 0.25) is 0 Å². The van der Waals surface area contributed by atoms with Crippen molar-refractivity contribution in [3.8, 4) is 0 Å². The van der Waals surface area contributed by atoms with Crippen molar-refractivity contribution in [3.63, 3.8) is 0 Å². The van der Waals surface area contributed by atoms with Gasteiger partial charge in [0.05, 0.1) is 6.20 Å². The van der Waals surface area contributed by atoms with E-state index >= 15 is 0 Å². The maximum atomic E-state index is 4.29. The zero-order valence-electron chi connectivity index (χ0n) is 13.3. The number of nitrogens with zero attached hydrogens (tertiary/aromatic N) is 4. The van der Waals surface area contributed by atoms with Crippen LogP contribution in [0.4, 0.5) is 0 Å². The van der Waals surface area contributed by atoms with E-state index in [1.54, 1.807) is 0 Å². The predicted molar refractivity (Wildman–Crippen MR) is 82.9 cm³/mol. The van der Waals surface area contributed by atoms with Crippen molar-refractivity contribution in [2.75, 3.05) is 40.3 Å². The van der Waals surface area contributed by atoms with Crippen molar-refractivity contribution < 1.29 is 0 Å². The van der Waals surface area contributed by atoms with Crippen molar-refractivity contribution >= 4 is 0 Å². The smallest absolute Gasteiger partial charge is 0.0522 e. The average Bonchev–Trinajstić information content (AvgIpc) is 2.83. The molecule has 2 unspecified atom stereocenters. The highest BCUT2D eigenvalue weighted by Gasteiger charge is 2.29. The van der Waals surface area contributed by atoms with Crippen LogP contribution >= 0.6 is 0 Å². The van der Waals surface area contributed by atoms with Crippen LogP contribution in [0.3, 0.4) is 0 Å². The number of nitrogens with one attached hydrogen (secondary N) is 1. The van der Waals surface area contributed by atoms with E-state index in [0.29, 0.717) is 12.1 Å². The van der Waals surface area contributed by atoms with Gasteiger partial charge in [-0.25, -0.2) is 0 Å². The first kappa shape index (κ1) is 15.5. The first-order valence-corrected chi connectivity index (χ1v) is 7.69. The number of aryl methyl sites for hydroxylation is 1. The summed E-state index contributed by atoms with van der Waals surface area (Å²) in [6, 6.07) is 1.06. The van der Waals surface area contributed by atoms with Gasteiger partial charge in [0.1, 0.15) is 0 Å². The van der Waals surface area contributed by atoms with Gasteiger partial charge in [-0.2, -0.15) is 5.10 Å². The fourth-order valence-corrected chi connectivity index (χ4v) is 2.98. The minimum Gasteiger partial charge on any atom is -0.312 e. The Kier molecular flexibility index (Phi) is 5.57. The maximum absolute atomic E-state index is 4.29. The fraction of sp³-hybridized carbons (Fsp3) is 0.800. The van der Waals surface area contributed by atoms with E-state index in [1.807, 2.05) is 17.9 Å². The van der Waals surface area contributed by atoms with Gasteiger partial charge in [0.15, 0.2) is 0 Å². The lowest BCUT2D eigenvalue weighted by atomic mass is 9.98. The molecule has 114 valence electrons. The van der Waals surface area contributed by atoms with Crippen LogP contribution in [0.15, 0.2) is 12.4 Å². The molecule has 1 saturated heterocycles. The van der Waals surface area contributed by atoms with Gasteiger partial charge >= 0.3 is 0 Å². The summed E-state index contributed by atoms with van der Waals surface area (Å²) < 4.78 is 1.89. The van der Waals surface area contributed by atoms with Gasteiger partial charge in [-0.3, -0.25) is 9.58 Å². The molecule has 5 heteroatoms. The van der Waals surface area contributed by atoms with Gasteiger partial charge in [0, 0.05) is 45.0 Å². The standard InChI is InChI=1S/C15H29N5/c1-5-6-16-14(9-13-10-17-20(4)11-13)15-12-18(2)7-8-19(15)3/h10-11,14-16H,5-9,12H2,1-4H3. The fourth-order valence-electron chi connectivity index (χ4n) is 2.98. The number of piperazine rings is 1. The number of aromatic nitrogens is 2. The van der Waals surface area contributed by atoms with Crippen molar-refractivity contribution in [2.24, 2.45) is 7.05 Å². The Morgan fingerprint density at radius 1 is 1.35 bits per heavy atom. The Morgan fingerprint density at radius 3 is 2.80 bits per heavy atom. The topological polar surface area (TPSA) is 36.3 Å². The van der Waals surface area contributed by atoms with Crippen LogP contribution < -0.4 is 5.32 Å². The molecule has 0 amide bonds. The second kappa shape index (κ2) is 7.20. The third-order valence-corrected chi connectivity index (χ3v) is 4.23. The van der Waals surface area contributed by atoms with E-state index in [4.69, 9.17) is 0 Å². The molecule has 1 N–H and O–H groups in total. The van der Waals surface area contributed by atoms with E-state index in [1.165, 1.54) is 18.5 Å². The SMILES string of the molecule is CCCNC(Cc1cnn(C)c1)C1CN(C)CCN1C. The van der Waals surface area contributed by atoms with Crippen LogP contribution in [-0.4, -0.2) is 71.9 Å². The van der Waals surface area contributed by atoms with Crippen LogP contribution in [0, 0.1) is 0 Å². The normalized spacial score (nSPS) is 23.1. The van der Waals surface area contributed by atoms with Crippen molar-refractivity contribution in [3.05, 3.63) is 18.0 Å². The molecule has 1 aromatic heterocycles. The lowest BCUT2D eigenvalue weighted by Crippen LogP contribution is -2.59. The van der Waals surface area contributed by atoms with Crippen molar-refractivity contribution in [2.45, 2.75) is 31.8 Å². The number of hydrogen-bond acceptors (Lipinski definition) is 4. The van der Waals surface area contributed by atoms with Gasteiger partial charge < -0.3 is 10.2 Å². The minimum atomic E-state index is 0.493. The summed E-state index contributed by atoms with van der Waals surface area (Å²) in [5, 5.41) is 8.04. The molecule has 5 nitrogen and oxygen atoms in total. The Balaban J connectivity index is 2.05. The van der Waals surface area contributed by atoms with Gasteiger partial charge in [-0.1, -0.05) is 6.92 Å². The summed E-state index contributed by atoms with van der Waals surface area (Å²) in [5.41, 5.74) is 1.32. The molecule has 20 heavy (non-hydrogen) atoms. The van der Waals surface area contributed by atoms with E-state index in [2.05, 4.69) is 47.4 Å². The first-order chi connectivity index (χ1) is 9.60. The third-order valence-electron chi connectivity index (χ3n) is 4.23. The summed E-state index contributed by atoms with van der Waals surface area (Å²) in [6.45, 7) is 6.76. The zero-order valence-corrected chi connectivity index (χ0v) is 13.3. The lowest BCUT2D eigenvalue weighted by molar-refractivity contribution is 0.0876. The lowest BCUT2D eigenvalue weighted by Gasteiger charge is -2.42. The summed E-state index contributed by atoms with van der Waals surface area (Å²) >= 11 is 0. The molecule has 0 aromatic carbocycles. The average molecular weight is 279 g/mol. The molecule has 0 aliphatic carbocycles.